The minimum absolute atomic E-state index is 0.358. The molecule has 0 radical (unpaired) electrons. The van der Waals surface area contributed by atoms with Gasteiger partial charge in [-0.1, -0.05) is 0 Å². The molecule has 20 heavy (non-hydrogen) atoms. The molecule has 2 nitrogen and oxygen atoms in total. The molecule has 0 bridgehead atoms. The molecule has 0 amide bonds. The van der Waals surface area contributed by atoms with Crippen LogP contribution in [0, 0.1) is 0 Å². The molecule has 1 aromatic heterocycles. The van der Waals surface area contributed by atoms with E-state index < -0.39 is 0 Å². The maximum atomic E-state index is 4.69. The summed E-state index contributed by atoms with van der Waals surface area (Å²) in [6.45, 7) is 0. The summed E-state index contributed by atoms with van der Waals surface area (Å²) >= 11 is 0.358. The van der Waals surface area contributed by atoms with Crippen LogP contribution < -0.4 is 4.90 Å². The molecule has 0 fully saturated rings. The van der Waals surface area contributed by atoms with Gasteiger partial charge in [0.2, 0.25) is 0 Å². The summed E-state index contributed by atoms with van der Waals surface area (Å²) in [5, 5.41) is 0. The van der Waals surface area contributed by atoms with E-state index in [9.17, 15) is 0 Å². The van der Waals surface area contributed by atoms with Crippen LogP contribution >= 0.6 is 0 Å². The molecule has 0 spiro atoms. The third-order valence-electron chi connectivity index (χ3n) is 3.16. The van der Waals surface area contributed by atoms with Crippen molar-refractivity contribution in [2.45, 2.75) is 0 Å². The van der Waals surface area contributed by atoms with Gasteiger partial charge in [-0.25, -0.2) is 0 Å². The van der Waals surface area contributed by atoms with Crippen LogP contribution in [-0.2, 0) is 0 Å². The van der Waals surface area contributed by atoms with Gasteiger partial charge >= 0.3 is 125 Å². The third-order valence-corrected chi connectivity index (χ3v) is 5.28. The summed E-state index contributed by atoms with van der Waals surface area (Å²) in [5.41, 5.74) is 4.80. The van der Waals surface area contributed by atoms with E-state index in [1.165, 1.54) is 21.4 Å². The first kappa shape index (κ1) is 13.2. The Kier molecular flexibility index (Phi) is 3.72. The first-order chi connectivity index (χ1) is 9.74. The van der Waals surface area contributed by atoms with Gasteiger partial charge in [-0.2, -0.15) is 0 Å². The molecule has 3 heteroatoms. The summed E-state index contributed by atoms with van der Waals surface area (Å²) in [6.07, 6.45) is 0. The summed E-state index contributed by atoms with van der Waals surface area (Å²) in [5.74, 6) is 0. The second-order valence-corrected chi connectivity index (χ2v) is 6.61. The predicted octanol–water partition coefficient (Wildman–Crippen LogP) is 3.54. The zero-order valence-electron chi connectivity index (χ0n) is 11.6. The zero-order valence-corrected chi connectivity index (χ0v) is 13.3. The Bertz CT molecular complexity index is 685. The van der Waals surface area contributed by atoms with Crippen molar-refractivity contribution in [3.63, 3.8) is 0 Å². The standard InChI is InChI=1S/C17H16N2Se/c1-19(2)17-18-16(12-20-17)15-10-8-14(9-11-15)13-6-4-3-5-7-13/h3-12H,1-2H3. The van der Waals surface area contributed by atoms with Gasteiger partial charge in [-0.15, -0.1) is 0 Å². The van der Waals surface area contributed by atoms with E-state index >= 15 is 0 Å². The molecule has 0 aliphatic heterocycles. The Morgan fingerprint density at radius 2 is 1.40 bits per heavy atom. The summed E-state index contributed by atoms with van der Waals surface area (Å²) in [7, 11) is 4.10. The molecule has 0 aliphatic carbocycles. The Labute approximate surface area is 125 Å². The van der Waals surface area contributed by atoms with Crippen molar-refractivity contribution in [1.29, 1.82) is 0 Å². The van der Waals surface area contributed by atoms with Crippen LogP contribution in [0.15, 0.2) is 59.5 Å². The van der Waals surface area contributed by atoms with Crippen molar-refractivity contribution in [3.8, 4) is 22.4 Å². The van der Waals surface area contributed by atoms with Gasteiger partial charge in [-0.3, -0.25) is 0 Å². The monoisotopic (exact) mass is 328 g/mol. The molecular formula is C17H16N2Se. The van der Waals surface area contributed by atoms with Crippen LogP contribution in [0.3, 0.4) is 0 Å². The second kappa shape index (κ2) is 5.66. The second-order valence-electron chi connectivity index (χ2n) is 4.85. The first-order valence-electron chi connectivity index (χ1n) is 6.53. The summed E-state index contributed by atoms with van der Waals surface area (Å²) in [6, 6.07) is 19.1. The zero-order chi connectivity index (χ0) is 13.9. The minimum atomic E-state index is 0.358. The number of anilines is 1. The SMILES string of the molecule is CN(C)c1nc(-c2ccc(-c3ccccc3)cc2)c[se]1. The van der Waals surface area contributed by atoms with E-state index in [1.807, 2.05) is 6.07 Å². The first-order valence-corrected chi connectivity index (χ1v) is 8.37. The molecule has 0 unspecified atom stereocenters. The Balaban J connectivity index is 1.89. The Morgan fingerprint density at radius 1 is 0.800 bits per heavy atom. The third kappa shape index (κ3) is 2.69. The average Bonchev–Trinajstić information content (AvgIpc) is 2.98. The van der Waals surface area contributed by atoms with Crippen molar-refractivity contribution < 1.29 is 0 Å². The van der Waals surface area contributed by atoms with E-state index in [1.54, 1.807) is 0 Å². The van der Waals surface area contributed by atoms with Crippen molar-refractivity contribution in [2.75, 3.05) is 19.0 Å². The average molecular weight is 327 g/mol. The number of hydrogen-bond donors (Lipinski definition) is 0. The predicted molar refractivity (Wildman–Crippen MR) is 86.4 cm³/mol. The topological polar surface area (TPSA) is 16.1 Å². The quantitative estimate of drug-likeness (QED) is 0.684. The van der Waals surface area contributed by atoms with Crippen LogP contribution in [0.2, 0.25) is 0 Å². The van der Waals surface area contributed by atoms with Gasteiger partial charge in [-0.05, 0) is 0 Å². The Morgan fingerprint density at radius 3 is 2.00 bits per heavy atom. The van der Waals surface area contributed by atoms with Gasteiger partial charge in [0.05, 0.1) is 0 Å². The molecule has 2 aromatic carbocycles. The van der Waals surface area contributed by atoms with E-state index in [0.29, 0.717) is 14.5 Å². The number of benzene rings is 2. The van der Waals surface area contributed by atoms with Crippen LogP contribution in [0.1, 0.15) is 0 Å². The van der Waals surface area contributed by atoms with E-state index in [2.05, 4.69) is 72.5 Å². The molecule has 3 aromatic rings. The number of rotatable bonds is 3. The van der Waals surface area contributed by atoms with Crippen LogP contribution in [-0.4, -0.2) is 33.6 Å². The number of nitrogens with zero attached hydrogens (tertiary/aromatic N) is 2. The maximum absolute atomic E-state index is 4.69. The summed E-state index contributed by atoms with van der Waals surface area (Å²) in [4.78, 5) is 9.04. The van der Waals surface area contributed by atoms with Gasteiger partial charge < -0.3 is 0 Å². The molecule has 0 saturated heterocycles. The van der Waals surface area contributed by atoms with Gasteiger partial charge in [0, 0.05) is 0 Å². The fraction of sp³-hybridized carbons (Fsp3) is 0.118. The Hall–Kier alpha value is -1.83. The molecule has 3 rings (SSSR count). The van der Waals surface area contributed by atoms with Gasteiger partial charge in [0.15, 0.2) is 0 Å². The molecular weight excluding hydrogens is 311 g/mol. The van der Waals surface area contributed by atoms with E-state index in [4.69, 9.17) is 4.98 Å². The molecule has 1 heterocycles. The fourth-order valence-corrected chi connectivity index (χ4v) is 3.68. The van der Waals surface area contributed by atoms with Crippen molar-refractivity contribution in [2.24, 2.45) is 0 Å². The molecule has 0 saturated carbocycles. The van der Waals surface area contributed by atoms with Crippen molar-refractivity contribution in [1.82, 2.24) is 4.98 Å². The van der Waals surface area contributed by atoms with Gasteiger partial charge in [0.25, 0.3) is 0 Å². The summed E-state index contributed by atoms with van der Waals surface area (Å²) < 4.78 is 1.18. The van der Waals surface area contributed by atoms with E-state index in [0.717, 1.165) is 5.69 Å². The normalized spacial score (nSPS) is 10.5. The molecule has 100 valence electrons. The van der Waals surface area contributed by atoms with Gasteiger partial charge in [0.1, 0.15) is 0 Å². The van der Waals surface area contributed by atoms with E-state index in [-0.39, 0.29) is 0 Å². The fourth-order valence-electron chi connectivity index (χ4n) is 2.07. The number of aromatic nitrogens is 1. The van der Waals surface area contributed by atoms with Crippen LogP contribution in [0.4, 0.5) is 4.69 Å². The van der Waals surface area contributed by atoms with Crippen molar-refractivity contribution in [3.05, 3.63) is 59.5 Å². The van der Waals surface area contributed by atoms with Crippen LogP contribution in [0.5, 0.6) is 0 Å². The molecule has 0 N–H and O–H groups in total. The van der Waals surface area contributed by atoms with Crippen molar-refractivity contribution >= 4 is 19.2 Å². The molecule has 0 aliphatic rings. The van der Waals surface area contributed by atoms with Crippen LogP contribution in [0.25, 0.3) is 22.4 Å². The number of hydrogen-bond acceptors (Lipinski definition) is 2. The molecule has 0 atom stereocenters.